The second-order valence-electron chi connectivity index (χ2n) is 3.55. The summed E-state index contributed by atoms with van der Waals surface area (Å²) in [6.07, 6.45) is 3.97. The lowest BCUT2D eigenvalue weighted by Gasteiger charge is -2.09. The monoisotopic (exact) mass is 187 g/mol. The van der Waals surface area contributed by atoms with E-state index < -0.39 is 0 Å². The summed E-state index contributed by atoms with van der Waals surface area (Å²) in [5, 5.41) is 0. The molecule has 0 aromatic carbocycles. The van der Waals surface area contributed by atoms with Gasteiger partial charge in [0.25, 0.3) is 0 Å². The third-order valence-electron chi connectivity index (χ3n) is 2.45. The Bertz CT molecular complexity index is 106. The Morgan fingerprint density at radius 3 is 2.54 bits per heavy atom. The molecule has 0 aromatic rings. The fraction of sp³-hybridized carbons (Fsp3) is 1.00. The molecule has 13 heavy (non-hydrogen) atoms. The Hall–Kier alpha value is -0.0800. The minimum Gasteiger partial charge on any atom is -0.385 e. The largest absolute Gasteiger partial charge is 0.385 e. The highest BCUT2D eigenvalue weighted by Crippen LogP contribution is 2.18. The number of methoxy groups -OCH3 is 1. The van der Waals surface area contributed by atoms with E-state index in [0.717, 1.165) is 12.5 Å². The van der Waals surface area contributed by atoms with E-state index >= 15 is 0 Å². The summed E-state index contributed by atoms with van der Waals surface area (Å²) in [4.78, 5) is 2.41. The SMILES string of the molecule is CC.COCCCC1CCN(C)C1. The van der Waals surface area contributed by atoms with E-state index in [-0.39, 0.29) is 0 Å². The number of rotatable bonds is 4. The number of likely N-dealkylation sites (tertiary alicyclic amines) is 1. The van der Waals surface area contributed by atoms with Crippen LogP contribution in [-0.2, 0) is 4.74 Å². The van der Waals surface area contributed by atoms with Crippen molar-refractivity contribution in [1.29, 1.82) is 0 Å². The maximum absolute atomic E-state index is 5.01. The maximum Gasteiger partial charge on any atom is 0.0462 e. The summed E-state index contributed by atoms with van der Waals surface area (Å²) in [5.74, 6) is 0.940. The van der Waals surface area contributed by atoms with Crippen molar-refractivity contribution >= 4 is 0 Å². The van der Waals surface area contributed by atoms with Crippen LogP contribution < -0.4 is 0 Å². The predicted octanol–water partition coefficient (Wildman–Crippen LogP) is 2.39. The van der Waals surface area contributed by atoms with E-state index in [1.54, 1.807) is 7.11 Å². The van der Waals surface area contributed by atoms with Gasteiger partial charge in [-0.15, -0.1) is 0 Å². The van der Waals surface area contributed by atoms with Crippen molar-refractivity contribution in [2.45, 2.75) is 33.1 Å². The molecule has 2 heteroatoms. The summed E-state index contributed by atoms with van der Waals surface area (Å²) < 4.78 is 5.01. The van der Waals surface area contributed by atoms with E-state index in [2.05, 4.69) is 11.9 Å². The molecule has 1 fully saturated rings. The number of hydrogen-bond donors (Lipinski definition) is 0. The molecule has 2 nitrogen and oxygen atoms in total. The van der Waals surface area contributed by atoms with Crippen LogP contribution >= 0.6 is 0 Å². The van der Waals surface area contributed by atoms with Crippen LogP contribution in [0.1, 0.15) is 33.1 Å². The van der Waals surface area contributed by atoms with Crippen LogP contribution in [-0.4, -0.2) is 38.8 Å². The van der Waals surface area contributed by atoms with E-state index in [4.69, 9.17) is 4.74 Å². The molecule has 0 amide bonds. The molecule has 1 aliphatic heterocycles. The van der Waals surface area contributed by atoms with Crippen LogP contribution in [0.15, 0.2) is 0 Å². The predicted molar refractivity (Wildman–Crippen MR) is 58.1 cm³/mol. The summed E-state index contributed by atoms with van der Waals surface area (Å²) in [7, 11) is 3.98. The standard InChI is InChI=1S/C9H19NO.C2H6/c1-10-6-5-9(8-10)4-3-7-11-2;1-2/h9H,3-8H2,1-2H3;1-2H3. The lowest BCUT2D eigenvalue weighted by molar-refractivity contribution is 0.187. The summed E-state index contributed by atoms with van der Waals surface area (Å²) >= 11 is 0. The Labute approximate surface area is 83.3 Å². The molecule has 1 saturated heterocycles. The van der Waals surface area contributed by atoms with E-state index in [1.165, 1.54) is 32.4 Å². The first-order chi connectivity index (χ1) is 6.33. The molecular weight excluding hydrogens is 162 g/mol. The zero-order chi connectivity index (χ0) is 10.1. The summed E-state index contributed by atoms with van der Waals surface area (Å²) in [5.41, 5.74) is 0. The second-order valence-corrected chi connectivity index (χ2v) is 3.55. The molecule has 0 aromatic heterocycles. The number of ether oxygens (including phenoxy) is 1. The molecule has 0 spiro atoms. The molecule has 0 saturated carbocycles. The zero-order valence-corrected chi connectivity index (χ0v) is 9.68. The average molecular weight is 187 g/mol. The molecule has 1 heterocycles. The molecule has 1 rings (SSSR count). The van der Waals surface area contributed by atoms with Crippen LogP contribution in [0.5, 0.6) is 0 Å². The first-order valence-corrected chi connectivity index (χ1v) is 5.50. The Morgan fingerprint density at radius 2 is 2.08 bits per heavy atom. The van der Waals surface area contributed by atoms with Gasteiger partial charge in [0.05, 0.1) is 0 Å². The van der Waals surface area contributed by atoms with Gasteiger partial charge in [-0.3, -0.25) is 0 Å². The Kier molecular flexibility index (Phi) is 8.46. The molecule has 1 aliphatic rings. The minimum absolute atomic E-state index is 0.931. The van der Waals surface area contributed by atoms with Gasteiger partial charge >= 0.3 is 0 Å². The third-order valence-corrected chi connectivity index (χ3v) is 2.45. The summed E-state index contributed by atoms with van der Waals surface area (Å²) in [6.45, 7) is 7.52. The lowest BCUT2D eigenvalue weighted by atomic mass is 10.0. The van der Waals surface area contributed by atoms with E-state index in [1.807, 2.05) is 13.8 Å². The van der Waals surface area contributed by atoms with Gasteiger partial charge in [-0.05, 0) is 38.8 Å². The van der Waals surface area contributed by atoms with Crippen LogP contribution in [0.2, 0.25) is 0 Å². The lowest BCUT2D eigenvalue weighted by Crippen LogP contribution is -2.14. The van der Waals surface area contributed by atoms with Gasteiger partial charge in [-0.25, -0.2) is 0 Å². The number of nitrogens with zero attached hydrogens (tertiary/aromatic N) is 1. The smallest absolute Gasteiger partial charge is 0.0462 e. The highest BCUT2D eigenvalue weighted by atomic mass is 16.5. The van der Waals surface area contributed by atoms with E-state index in [0.29, 0.717) is 0 Å². The first kappa shape index (κ1) is 12.9. The van der Waals surface area contributed by atoms with Crippen molar-refractivity contribution < 1.29 is 4.74 Å². The van der Waals surface area contributed by atoms with Gasteiger partial charge in [0, 0.05) is 20.3 Å². The first-order valence-electron chi connectivity index (χ1n) is 5.50. The van der Waals surface area contributed by atoms with Crippen LogP contribution in [0, 0.1) is 5.92 Å². The molecule has 1 atom stereocenters. The van der Waals surface area contributed by atoms with E-state index in [9.17, 15) is 0 Å². The van der Waals surface area contributed by atoms with Crippen LogP contribution in [0.4, 0.5) is 0 Å². The maximum atomic E-state index is 5.01. The average Bonchev–Trinajstić information content (AvgIpc) is 2.56. The van der Waals surface area contributed by atoms with Crippen molar-refractivity contribution in [2.24, 2.45) is 5.92 Å². The van der Waals surface area contributed by atoms with Crippen LogP contribution in [0.25, 0.3) is 0 Å². The van der Waals surface area contributed by atoms with Crippen molar-refractivity contribution in [1.82, 2.24) is 4.90 Å². The van der Waals surface area contributed by atoms with Crippen molar-refractivity contribution in [3.8, 4) is 0 Å². The molecule has 0 bridgehead atoms. The highest BCUT2D eigenvalue weighted by Gasteiger charge is 2.18. The Morgan fingerprint density at radius 1 is 1.38 bits per heavy atom. The zero-order valence-electron chi connectivity index (χ0n) is 9.68. The number of hydrogen-bond acceptors (Lipinski definition) is 2. The highest BCUT2D eigenvalue weighted by molar-refractivity contribution is 4.72. The Balaban J connectivity index is 0.000000671. The molecule has 0 radical (unpaired) electrons. The van der Waals surface area contributed by atoms with Gasteiger partial charge < -0.3 is 9.64 Å². The topological polar surface area (TPSA) is 12.5 Å². The molecule has 0 N–H and O–H groups in total. The minimum atomic E-state index is 0.931. The molecule has 0 aliphatic carbocycles. The van der Waals surface area contributed by atoms with Gasteiger partial charge in [0.15, 0.2) is 0 Å². The van der Waals surface area contributed by atoms with Gasteiger partial charge in [0.2, 0.25) is 0 Å². The quantitative estimate of drug-likeness (QED) is 0.627. The normalized spacial score (nSPS) is 22.6. The van der Waals surface area contributed by atoms with Crippen LogP contribution in [0.3, 0.4) is 0 Å². The van der Waals surface area contributed by atoms with Gasteiger partial charge in [0.1, 0.15) is 0 Å². The van der Waals surface area contributed by atoms with Crippen molar-refractivity contribution in [2.75, 3.05) is 33.9 Å². The van der Waals surface area contributed by atoms with Crippen molar-refractivity contribution in [3.05, 3.63) is 0 Å². The fourth-order valence-electron chi connectivity index (χ4n) is 1.78. The second kappa shape index (κ2) is 8.52. The summed E-state index contributed by atoms with van der Waals surface area (Å²) in [6, 6.07) is 0. The third kappa shape index (κ3) is 6.05. The van der Waals surface area contributed by atoms with Gasteiger partial charge in [-0.1, -0.05) is 13.8 Å². The molecular formula is C11H25NO. The van der Waals surface area contributed by atoms with Gasteiger partial charge in [-0.2, -0.15) is 0 Å². The van der Waals surface area contributed by atoms with Crippen molar-refractivity contribution in [3.63, 3.8) is 0 Å². The fourth-order valence-corrected chi connectivity index (χ4v) is 1.78. The molecule has 80 valence electrons. The molecule has 1 unspecified atom stereocenters.